The molecule has 2 aliphatic heterocycles. The lowest BCUT2D eigenvalue weighted by Gasteiger charge is -2.36. The summed E-state index contributed by atoms with van der Waals surface area (Å²) >= 11 is 0. The van der Waals surface area contributed by atoms with E-state index in [-0.39, 0.29) is 18.0 Å². The summed E-state index contributed by atoms with van der Waals surface area (Å²) in [5.41, 5.74) is 2.33. The van der Waals surface area contributed by atoms with E-state index in [1.807, 2.05) is 36.4 Å². The van der Waals surface area contributed by atoms with Crippen LogP contribution in [0.1, 0.15) is 49.1 Å². The molecule has 4 rings (SSSR count). The number of carbonyl (C=O) groups is 1. The molecular weight excluding hydrogens is 322 g/mol. The molecular formula is C23H27NO2. The Bertz CT molecular complexity index is 677. The van der Waals surface area contributed by atoms with Gasteiger partial charge in [-0.1, -0.05) is 60.7 Å². The van der Waals surface area contributed by atoms with Crippen LogP contribution in [-0.4, -0.2) is 36.1 Å². The van der Waals surface area contributed by atoms with Crippen molar-refractivity contribution in [3.05, 3.63) is 71.8 Å². The molecule has 0 saturated carbocycles. The van der Waals surface area contributed by atoms with E-state index in [0.717, 1.165) is 12.8 Å². The van der Waals surface area contributed by atoms with E-state index in [9.17, 15) is 4.79 Å². The third kappa shape index (κ3) is 3.68. The first kappa shape index (κ1) is 17.3. The largest absolute Gasteiger partial charge is 0.462 e. The van der Waals surface area contributed by atoms with Gasteiger partial charge in [-0.25, -0.2) is 0 Å². The van der Waals surface area contributed by atoms with Crippen molar-refractivity contribution in [2.45, 2.75) is 56.2 Å². The van der Waals surface area contributed by atoms with Gasteiger partial charge in [-0.15, -0.1) is 0 Å². The third-order valence-electron chi connectivity index (χ3n) is 6.13. The summed E-state index contributed by atoms with van der Waals surface area (Å²) in [5.74, 6) is -0.0236. The number of esters is 1. The Morgan fingerprint density at radius 3 is 1.96 bits per heavy atom. The minimum absolute atomic E-state index is 0.0490. The zero-order chi connectivity index (χ0) is 17.9. The molecule has 2 saturated heterocycles. The average molecular weight is 349 g/mol. The van der Waals surface area contributed by atoms with Gasteiger partial charge in [-0.2, -0.15) is 0 Å². The summed E-state index contributed by atoms with van der Waals surface area (Å²) in [6.45, 7) is 0. The number of rotatable bonds is 5. The number of ether oxygens (including phenoxy) is 1. The molecule has 3 heteroatoms. The summed E-state index contributed by atoms with van der Waals surface area (Å²) in [5, 5.41) is 0. The molecule has 2 aliphatic rings. The van der Waals surface area contributed by atoms with Gasteiger partial charge in [0.2, 0.25) is 0 Å². The van der Waals surface area contributed by atoms with Gasteiger partial charge in [0.25, 0.3) is 0 Å². The topological polar surface area (TPSA) is 29.5 Å². The highest BCUT2D eigenvalue weighted by molar-refractivity contribution is 5.71. The van der Waals surface area contributed by atoms with E-state index in [4.69, 9.17) is 4.74 Å². The SMILES string of the molecule is CN1[C@@H]2CC[C@H]1CC(OC(=O)CC(c1ccccc1)c1ccccc1)C2. The molecule has 2 aromatic rings. The maximum absolute atomic E-state index is 12.7. The minimum Gasteiger partial charge on any atom is -0.462 e. The fourth-order valence-electron chi connectivity index (χ4n) is 4.66. The molecule has 0 aromatic heterocycles. The second kappa shape index (κ2) is 7.63. The number of nitrogens with zero attached hydrogens (tertiary/aromatic N) is 1. The van der Waals surface area contributed by atoms with Crippen LogP contribution in [0.5, 0.6) is 0 Å². The predicted molar refractivity (Wildman–Crippen MR) is 103 cm³/mol. The van der Waals surface area contributed by atoms with Gasteiger partial charge in [0.05, 0.1) is 6.42 Å². The van der Waals surface area contributed by atoms with Crippen LogP contribution in [0.15, 0.2) is 60.7 Å². The van der Waals surface area contributed by atoms with Crippen LogP contribution >= 0.6 is 0 Å². The van der Waals surface area contributed by atoms with Gasteiger partial charge >= 0.3 is 5.97 Å². The normalized spacial score (nSPS) is 25.4. The highest BCUT2D eigenvalue weighted by atomic mass is 16.5. The van der Waals surface area contributed by atoms with Crippen molar-refractivity contribution in [2.75, 3.05) is 7.05 Å². The summed E-state index contributed by atoms with van der Waals surface area (Å²) in [7, 11) is 2.21. The van der Waals surface area contributed by atoms with E-state index < -0.39 is 0 Å². The Hall–Kier alpha value is -2.13. The van der Waals surface area contributed by atoms with Crippen LogP contribution in [0, 0.1) is 0 Å². The Morgan fingerprint density at radius 1 is 0.962 bits per heavy atom. The fourth-order valence-corrected chi connectivity index (χ4v) is 4.66. The number of fused-ring (bicyclic) bond motifs is 2. The third-order valence-corrected chi connectivity index (χ3v) is 6.13. The van der Waals surface area contributed by atoms with E-state index in [2.05, 4.69) is 36.2 Å². The van der Waals surface area contributed by atoms with Crippen LogP contribution in [0.3, 0.4) is 0 Å². The number of hydrogen-bond donors (Lipinski definition) is 0. The van der Waals surface area contributed by atoms with Crippen molar-refractivity contribution in [3.8, 4) is 0 Å². The van der Waals surface area contributed by atoms with E-state index in [1.54, 1.807) is 0 Å². The minimum atomic E-state index is -0.0725. The van der Waals surface area contributed by atoms with Gasteiger partial charge in [-0.3, -0.25) is 4.79 Å². The maximum atomic E-state index is 12.7. The van der Waals surface area contributed by atoms with Gasteiger partial charge in [0.1, 0.15) is 6.10 Å². The smallest absolute Gasteiger partial charge is 0.307 e. The first-order chi connectivity index (χ1) is 12.7. The van der Waals surface area contributed by atoms with Gasteiger partial charge in [0.15, 0.2) is 0 Å². The van der Waals surface area contributed by atoms with Crippen LogP contribution < -0.4 is 0 Å². The molecule has 0 radical (unpaired) electrons. The molecule has 0 amide bonds. The Kier molecular flexibility index (Phi) is 5.07. The molecule has 2 heterocycles. The Morgan fingerprint density at radius 2 is 1.46 bits per heavy atom. The van der Waals surface area contributed by atoms with Crippen molar-refractivity contribution in [3.63, 3.8) is 0 Å². The molecule has 0 spiro atoms. The lowest BCUT2D eigenvalue weighted by molar-refractivity contribution is -0.152. The summed E-state index contributed by atoms with van der Waals surface area (Å²) in [4.78, 5) is 15.2. The molecule has 2 bridgehead atoms. The van der Waals surface area contributed by atoms with Crippen LogP contribution in [0.25, 0.3) is 0 Å². The highest BCUT2D eigenvalue weighted by Crippen LogP contribution is 2.36. The number of carbonyl (C=O) groups excluding carboxylic acids is 1. The molecule has 2 fully saturated rings. The monoisotopic (exact) mass is 349 g/mol. The van der Waals surface area contributed by atoms with Crippen molar-refractivity contribution in [1.29, 1.82) is 0 Å². The first-order valence-electron chi connectivity index (χ1n) is 9.72. The standard InChI is InChI=1S/C23H27NO2/c1-24-19-12-13-20(24)15-21(14-19)26-23(25)16-22(17-8-4-2-5-9-17)18-10-6-3-7-11-18/h2-11,19-22H,12-16H2,1H3/t19-,20+,21?. The van der Waals surface area contributed by atoms with Crippen molar-refractivity contribution >= 4 is 5.97 Å². The second-order valence-electron chi connectivity index (χ2n) is 7.71. The highest BCUT2D eigenvalue weighted by Gasteiger charge is 2.40. The van der Waals surface area contributed by atoms with Crippen LogP contribution in [-0.2, 0) is 9.53 Å². The van der Waals surface area contributed by atoms with Crippen molar-refractivity contribution < 1.29 is 9.53 Å². The van der Waals surface area contributed by atoms with E-state index in [0.29, 0.717) is 18.5 Å². The Balaban J connectivity index is 1.45. The van der Waals surface area contributed by atoms with Gasteiger partial charge in [0, 0.05) is 18.0 Å². The zero-order valence-corrected chi connectivity index (χ0v) is 15.4. The molecule has 0 N–H and O–H groups in total. The molecule has 136 valence electrons. The van der Waals surface area contributed by atoms with Gasteiger partial charge < -0.3 is 9.64 Å². The zero-order valence-electron chi connectivity index (χ0n) is 15.4. The summed E-state index contributed by atoms with van der Waals surface area (Å²) < 4.78 is 5.93. The quantitative estimate of drug-likeness (QED) is 0.751. The number of hydrogen-bond acceptors (Lipinski definition) is 3. The second-order valence-corrected chi connectivity index (χ2v) is 7.71. The molecule has 3 nitrogen and oxygen atoms in total. The first-order valence-corrected chi connectivity index (χ1v) is 9.72. The number of benzene rings is 2. The lowest BCUT2D eigenvalue weighted by Crippen LogP contribution is -2.43. The molecule has 1 unspecified atom stereocenters. The molecule has 3 atom stereocenters. The van der Waals surface area contributed by atoms with E-state index >= 15 is 0 Å². The average Bonchev–Trinajstić information content (AvgIpc) is 2.88. The fraction of sp³-hybridized carbons (Fsp3) is 0.435. The lowest BCUT2D eigenvalue weighted by atomic mass is 9.88. The van der Waals surface area contributed by atoms with Crippen LogP contribution in [0.4, 0.5) is 0 Å². The van der Waals surface area contributed by atoms with Gasteiger partial charge in [-0.05, 0) is 43.9 Å². The summed E-state index contributed by atoms with van der Waals surface area (Å²) in [6.07, 6.45) is 4.94. The van der Waals surface area contributed by atoms with E-state index in [1.165, 1.54) is 24.0 Å². The molecule has 2 aromatic carbocycles. The number of piperidine rings is 1. The summed E-state index contributed by atoms with van der Waals surface area (Å²) in [6, 6.07) is 21.7. The van der Waals surface area contributed by atoms with Crippen molar-refractivity contribution in [2.24, 2.45) is 0 Å². The maximum Gasteiger partial charge on any atom is 0.307 e. The van der Waals surface area contributed by atoms with Crippen LogP contribution in [0.2, 0.25) is 0 Å². The Labute approximate surface area is 156 Å². The predicted octanol–water partition coefficient (Wildman–Crippen LogP) is 4.38. The van der Waals surface area contributed by atoms with Crippen molar-refractivity contribution in [1.82, 2.24) is 4.90 Å². The molecule has 26 heavy (non-hydrogen) atoms. The molecule has 0 aliphatic carbocycles.